The summed E-state index contributed by atoms with van der Waals surface area (Å²) in [5, 5.41) is 12.1. The van der Waals surface area contributed by atoms with Crippen LogP contribution in [0.15, 0.2) is 0 Å². The quantitative estimate of drug-likeness (QED) is 0.789. The maximum atomic E-state index is 12.2. The highest BCUT2D eigenvalue weighted by Crippen LogP contribution is 2.37. The summed E-state index contributed by atoms with van der Waals surface area (Å²) in [4.78, 5) is 23.4. The first-order valence-electron chi connectivity index (χ1n) is 6.54. The van der Waals surface area contributed by atoms with E-state index in [4.69, 9.17) is 4.74 Å². The lowest BCUT2D eigenvalue weighted by Crippen LogP contribution is -2.49. The van der Waals surface area contributed by atoms with Crippen molar-refractivity contribution in [3.63, 3.8) is 0 Å². The monoisotopic (exact) mass is 255 g/mol. The van der Waals surface area contributed by atoms with Crippen molar-refractivity contribution < 1.29 is 19.4 Å². The predicted octanol–water partition coefficient (Wildman–Crippen LogP) is 1.03. The van der Waals surface area contributed by atoms with Crippen LogP contribution in [0.1, 0.15) is 33.1 Å². The van der Waals surface area contributed by atoms with Gasteiger partial charge in [-0.3, -0.25) is 9.59 Å². The van der Waals surface area contributed by atoms with Gasteiger partial charge in [0, 0.05) is 6.61 Å². The molecule has 0 aromatic carbocycles. The molecule has 5 nitrogen and oxygen atoms in total. The molecule has 0 bridgehead atoms. The van der Waals surface area contributed by atoms with Crippen LogP contribution in [0.4, 0.5) is 0 Å². The lowest BCUT2D eigenvalue weighted by atomic mass is 9.93. The van der Waals surface area contributed by atoms with Gasteiger partial charge in [0.25, 0.3) is 0 Å². The zero-order valence-electron chi connectivity index (χ0n) is 10.9. The summed E-state index contributed by atoms with van der Waals surface area (Å²) < 4.78 is 5.29. The van der Waals surface area contributed by atoms with Crippen LogP contribution in [0.5, 0.6) is 0 Å². The molecule has 0 spiro atoms. The van der Waals surface area contributed by atoms with Crippen molar-refractivity contribution in [2.75, 3.05) is 13.2 Å². The maximum absolute atomic E-state index is 12.2. The van der Waals surface area contributed by atoms with Crippen LogP contribution in [-0.2, 0) is 14.3 Å². The van der Waals surface area contributed by atoms with E-state index in [0.29, 0.717) is 32.0 Å². The molecule has 0 aromatic heterocycles. The van der Waals surface area contributed by atoms with Crippen LogP contribution in [-0.4, -0.2) is 35.7 Å². The largest absolute Gasteiger partial charge is 0.481 e. The van der Waals surface area contributed by atoms with Gasteiger partial charge in [0.1, 0.15) is 0 Å². The Bertz CT molecular complexity index is 349. The Labute approximate surface area is 107 Å². The molecule has 1 saturated heterocycles. The van der Waals surface area contributed by atoms with Crippen LogP contribution in [0, 0.1) is 17.8 Å². The van der Waals surface area contributed by atoms with E-state index in [1.807, 2.05) is 13.8 Å². The van der Waals surface area contributed by atoms with Crippen molar-refractivity contribution in [3.05, 3.63) is 0 Å². The minimum absolute atomic E-state index is 0.125. The van der Waals surface area contributed by atoms with Gasteiger partial charge in [-0.15, -0.1) is 0 Å². The summed E-state index contributed by atoms with van der Waals surface area (Å²) in [7, 11) is 0. The molecule has 2 fully saturated rings. The first kappa shape index (κ1) is 13.3. The van der Waals surface area contributed by atoms with Crippen LogP contribution in [0.25, 0.3) is 0 Å². The molecule has 1 aliphatic carbocycles. The molecule has 18 heavy (non-hydrogen) atoms. The van der Waals surface area contributed by atoms with E-state index >= 15 is 0 Å². The average molecular weight is 255 g/mol. The first-order valence-corrected chi connectivity index (χ1v) is 6.54. The highest BCUT2D eigenvalue weighted by Gasteiger charge is 2.43. The van der Waals surface area contributed by atoms with Gasteiger partial charge in [0.05, 0.1) is 24.0 Å². The molecular formula is C13H21NO4. The smallest absolute Gasteiger partial charge is 0.307 e. The molecule has 5 heteroatoms. The number of rotatable bonds is 3. The molecule has 2 rings (SSSR count). The second kappa shape index (κ2) is 4.88. The summed E-state index contributed by atoms with van der Waals surface area (Å²) in [5.41, 5.74) is -0.327. The molecule has 4 unspecified atom stereocenters. The highest BCUT2D eigenvalue weighted by atomic mass is 16.5. The number of carbonyl (C=O) groups excluding carboxylic acids is 1. The molecule has 1 amide bonds. The van der Waals surface area contributed by atoms with Crippen molar-refractivity contribution in [3.8, 4) is 0 Å². The van der Waals surface area contributed by atoms with E-state index in [9.17, 15) is 14.7 Å². The third-order valence-electron chi connectivity index (χ3n) is 4.10. The molecule has 0 radical (unpaired) electrons. The van der Waals surface area contributed by atoms with Gasteiger partial charge in [-0.05, 0) is 32.1 Å². The molecular weight excluding hydrogens is 234 g/mol. The third kappa shape index (κ3) is 2.66. The highest BCUT2D eigenvalue weighted by molar-refractivity contribution is 5.85. The fourth-order valence-corrected chi connectivity index (χ4v) is 3.01. The van der Waals surface area contributed by atoms with Gasteiger partial charge >= 0.3 is 5.97 Å². The summed E-state index contributed by atoms with van der Waals surface area (Å²) in [6.07, 6.45) is 2.05. The molecule has 1 saturated carbocycles. The Morgan fingerprint density at radius 1 is 1.33 bits per heavy atom. The second-order valence-corrected chi connectivity index (χ2v) is 5.98. The SMILES string of the molecule is CC1CC(C(=O)O)C(C(=O)NC2(C)CCOC2)C1. The number of amides is 1. The van der Waals surface area contributed by atoms with Gasteiger partial charge in [-0.25, -0.2) is 0 Å². The Morgan fingerprint density at radius 2 is 2.00 bits per heavy atom. The Morgan fingerprint density at radius 3 is 2.56 bits per heavy atom. The number of carboxylic acids is 1. The average Bonchev–Trinajstić information content (AvgIpc) is 2.85. The number of carbonyl (C=O) groups is 2. The number of aliphatic carboxylic acids is 1. The van der Waals surface area contributed by atoms with Gasteiger partial charge in [0.15, 0.2) is 0 Å². The van der Waals surface area contributed by atoms with Gasteiger partial charge < -0.3 is 15.2 Å². The van der Waals surface area contributed by atoms with E-state index in [1.54, 1.807) is 0 Å². The molecule has 4 atom stereocenters. The number of carboxylic acid groups (broad SMARTS) is 1. The normalized spacial score (nSPS) is 39.8. The van der Waals surface area contributed by atoms with Crippen molar-refractivity contribution in [2.45, 2.75) is 38.6 Å². The molecule has 2 aliphatic rings. The van der Waals surface area contributed by atoms with Crippen LogP contribution in [0.3, 0.4) is 0 Å². The summed E-state index contributed by atoms with van der Waals surface area (Å²) in [6.45, 7) is 5.12. The van der Waals surface area contributed by atoms with Crippen LogP contribution in [0.2, 0.25) is 0 Å². The number of ether oxygens (including phenoxy) is 1. The molecule has 1 aliphatic heterocycles. The topological polar surface area (TPSA) is 75.6 Å². The number of nitrogens with one attached hydrogen (secondary N) is 1. The summed E-state index contributed by atoms with van der Waals surface area (Å²) >= 11 is 0. The fourth-order valence-electron chi connectivity index (χ4n) is 3.01. The van der Waals surface area contributed by atoms with Gasteiger partial charge in [-0.1, -0.05) is 6.92 Å². The number of hydrogen-bond acceptors (Lipinski definition) is 3. The Balaban J connectivity index is 2.01. The minimum atomic E-state index is -0.854. The van der Waals surface area contributed by atoms with Crippen molar-refractivity contribution in [1.29, 1.82) is 0 Å². The van der Waals surface area contributed by atoms with Gasteiger partial charge in [-0.2, -0.15) is 0 Å². The van der Waals surface area contributed by atoms with Crippen molar-refractivity contribution in [1.82, 2.24) is 5.32 Å². The van der Waals surface area contributed by atoms with E-state index < -0.39 is 17.8 Å². The molecule has 1 heterocycles. The van der Waals surface area contributed by atoms with Crippen LogP contribution >= 0.6 is 0 Å². The zero-order chi connectivity index (χ0) is 13.3. The van der Waals surface area contributed by atoms with E-state index in [1.165, 1.54) is 0 Å². The maximum Gasteiger partial charge on any atom is 0.307 e. The van der Waals surface area contributed by atoms with Gasteiger partial charge in [0.2, 0.25) is 5.91 Å². The first-order chi connectivity index (χ1) is 8.41. The lowest BCUT2D eigenvalue weighted by Gasteiger charge is -2.26. The third-order valence-corrected chi connectivity index (χ3v) is 4.10. The van der Waals surface area contributed by atoms with Crippen LogP contribution < -0.4 is 5.32 Å². The zero-order valence-corrected chi connectivity index (χ0v) is 10.9. The standard InChI is InChI=1S/C13H21NO4/c1-8-5-9(10(6-8)12(16)17)11(15)14-13(2)3-4-18-7-13/h8-10H,3-7H2,1-2H3,(H,14,15)(H,16,17). The van der Waals surface area contributed by atoms with E-state index in [2.05, 4.69) is 5.32 Å². The predicted molar refractivity (Wildman–Crippen MR) is 65.0 cm³/mol. The lowest BCUT2D eigenvalue weighted by molar-refractivity contribution is -0.146. The second-order valence-electron chi connectivity index (χ2n) is 5.98. The minimum Gasteiger partial charge on any atom is -0.481 e. The fraction of sp³-hybridized carbons (Fsp3) is 0.846. The molecule has 0 aromatic rings. The summed E-state index contributed by atoms with van der Waals surface area (Å²) in [6, 6.07) is 0. The Hall–Kier alpha value is -1.10. The number of hydrogen-bond donors (Lipinski definition) is 2. The van der Waals surface area contributed by atoms with E-state index in [-0.39, 0.29) is 11.4 Å². The van der Waals surface area contributed by atoms with E-state index in [0.717, 1.165) is 6.42 Å². The van der Waals surface area contributed by atoms with Crippen molar-refractivity contribution in [2.24, 2.45) is 17.8 Å². The summed E-state index contributed by atoms with van der Waals surface area (Å²) in [5.74, 6) is -1.61. The van der Waals surface area contributed by atoms with Crippen molar-refractivity contribution >= 4 is 11.9 Å². The molecule has 2 N–H and O–H groups in total. The Kier molecular flexibility index (Phi) is 3.61. The molecule has 102 valence electrons.